The first-order valence-electron chi connectivity index (χ1n) is 5.71. The van der Waals surface area contributed by atoms with Crippen LogP contribution in [0.2, 0.25) is 0 Å². The van der Waals surface area contributed by atoms with E-state index in [4.69, 9.17) is 9.52 Å². The Morgan fingerprint density at radius 2 is 2.32 bits per heavy atom. The van der Waals surface area contributed by atoms with Crippen molar-refractivity contribution >= 4 is 23.2 Å². The zero-order valence-electron chi connectivity index (χ0n) is 10.3. The number of furan rings is 1. The number of hydrogen-bond acceptors (Lipinski definition) is 4. The summed E-state index contributed by atoms with van der Waals surface area (Å²) >= 11 is 1.63. The molecule has 2 N–H and O–H groups in total. The van der Waals surface area contributed by atoms with Gasteiger partial charge < -0.3 is 14.8 Å². The van der Waals surface area contributed by atoms with E-state index in [2.05, 4.69) is 5.32 Å². The van der Waals surface area contributed by atoms with E-state index in [0.717, 1.165) is 12.7 Å². The minimum absolute atomic E-state index is 0.00966. The molecular formula is C13H13NO4S. The van der Waals surface area contributed by atoms with Crippen molar-refractivity contribution in [3.63, 3.8) is 0 Å². The van der Waals surface area contributed by atoms with E-state index in [-0.39, 0.29) is 17.4 Å². The molecule has 2 aromatic rings. The molecule has 0 aromatic carbocycles. The molecule has 0 aliphatic rings. The van der Waals surface area contributed by atoms with Crippen LogP contribution in [0.1, 0.15) is 32.7 Å². The maximum atomic E-state index is 11.8. The van der Waals surface area contributed by atoms with Gasteiger partial charge in [0.15, 0.2) is 5.76 Å². The summed E-state index contributed by atoms with van der Waals surface area (Å²) in [6.45, 7) is 1.89. The molecule has 5 nitrogen and oxygen atoms in total. The number of thiophene rings is 1. The van der Waals surface area contributed by atoms with Crippen LogP contribution in [-0.2, 0) is 6.42 Å². The van der Waals surface area contributed by atoms with Gasteiger partial charge in [-0.15, -0.1) is 11.3 Å². The topological polar surface area (TPSA) is 79.5 Å². The van der Waals surface area contributed by atoms with Gasteiger partial charge in [0.2, 0.25) is 0 Å². The van der Waals surface area contributed by atoms with Gasteiger partial charge in [-0.25, -0.2) is 4.79 Å². The number of rotatable bonds is 5. The molecule has 2 rings (SSSR count). The highest BCUT2D eigenvalue weighted by Crippen LogP contribution is 2.12. The largest absolute Gasteiger partial charge is 0.478 e. The molecule has 1 amide bonds. The van der Waals surface area contributed by atoms with E-state index in [1.807, 2.05) is 24.4 Å². The Morgan fingerprint density at radius 1 is 1.53 bits per heavy atom. The van der Waals surface area contributed by atoms with Gasteiger partial charge in [0.25, 0.3) is 5.91 Å². The standard InChI is InChI=1S/C13H13NO4S/c1-8(5-10-3-2-4-19-10)14-12(15)11-6-9(7-18-11)13(16)17/h2-4,6-8H,5H2,1H3,(H,14,15)(H,16,17). The first-order chi connectivity index (χ1) is 9.06. The molecule has 100 valence electrons. The summed E-state index contributed by atoms with van der Waals surface area (Å²) in [6, 6.07) is 5.13. The van der Waals surface area contributed by atoms with Crippen molar-refractivity contribution in [1.82, 2.24) is 5.32 Å². The number of carbonyl (C=O) groups excluding carboxylic acids is 1. The summed E-state index contributed by atoms with van der Waals surface area (Å²) in [5, 5.41) is 13.5. The van der Waals surface area contributed by atoms with Gasteiger partial charge in [-0.05, 0) is 18.4 Å². The summed E-state index contributed by atoms with van der Waals surface area (Å²) < 4.78 is 4.93. The van der Waals surface area contributed by atoms with Gasteiger partial charge in [0.05, 0.1) is 5.56 Å². The molecule has 0 fully saturated rings. The second kappa shape index (κ2) is 5.71. The lowest BCUT2D eigenvalue weighted by molar-refractivity contribution is 0.0695. The van der Waals surface area contributed by atoms with Gasteiger partial charge in [-0.1, -0.05) is 6.07 Å². The molecule has 0 bridgehead atoms. The molecule has 0 saturated heterocycles. The molecule has 0 aliphatic heterocycles. The number of carboxylic acid groups (broad SMARTS) is 1. The summed E-state index contributed by atoms with van der Waals surface area (Å²) in [7, 11) is 0. The number of amides is 1. The fourth-order valence-corrected chi connectivity index (χ4v) is 2.48. The van der Waals surface area contributed by atoms with Gasteiger partial charge in [-0.3, -0.25) is 4.79 Å². The zero-order valence-corrected chi connectivity index (χ0v) is 11.1. The van der Waals surface area contributed by atoms with Crippen molar-refractivity contribution < 1.29 is 19.1 Å². The SMILES string of the molecule is CC(Cc1cccs1)NC(=O)c1cc(C(=O)O)co1. The highest BCUT2D eigenvalue weighted by Gasteiger charge is 2.16. The molecule has 1 unspecified atom stereocenters. The first-order valence-corrected chi connectivity index (χ1v) is 6.59. The van der Waals surface area contributed by atoms with Crippen molar-refractivity contribution in [3.05, 3.63) is 46.0 Å². The minimum Gasteiger partial charge on any atom is -0.478 e. The average molecular weight is 279 g/mol. The Hall–Kier alpha value is -2.08. The van der Waals surface area contributed by atoms with Crippen LogP contribution in [0.4, 0.5) is 0 Å². The van der Waals surface area contributed by atoms with Gasteiger partial charge >= 0.3 is 5.97 Å². The minimum atomic E-state index is -1.12. The monoisotopic (exact) mass is 279 g/mol. The van der Waals surface area contributed by atoms with E-state index in [1.165, 1.54) is 10.9 Å². The Bertz CT molecular complexity index is 573. The van der Waals surface area contributed by atoms with Crippen LogP contribution in [0, 0.1) is 0 Å². The van der Waals surface area contributed by atoms with Crippen LogP contribution < -0.4 is 5.32 Å². The molecular weight excluding hydrogens is 266 g/mol. The molecule has 2 aromatic heterocycles. The molecule has 0 radical (unpaired) electrons. The lowest BCUT2D eigenvalue weighted by Crippen LogP contribution is -2.33. The van der Waals surface area contributed by atoms with Crippen LogP contribution in [0.3, 0.4) is 0 Å². The van der Waals surface area contributed by atoms with Crippen LogP contribution in [0.5, 0.6) is 0 Å². The maximum absolute atomic E-state index is 11.8. The van der Waals surface area contributed by atoms with Crippen LogP contribution in [0.25, 0.3) is 0 Å². The summed E-state index contributed by atoms with van der Waals surface area (Å²) in [4.78, 5) is 23.7. The smallest absolute Gasteiger partial charge is 0.338 e. The predicted octanol–water partition coefficient (Wildman–Crippen LogP) is 2.40. The third-order valence-electron chi connectivity index (χ3n) is 2.54. The lowest BCUT2D eigenvalue weighted by Gasteiger charge is -2.11. The van der Waals surface area contributed by atoms with Crippen LogP contribution in [-0.4, -0.2) is 23.0 Å². The van der Waals surface area contributed by atoms with Crippen LogP contribution in [0.15, 0.2) is 34.3 Å². The van der Waals surface area contributed by atoms with Crippen molar-refractivity contribution in [1.29, 1.82) is 0 Å². The third kappa shape index (κ3) is 3.45. The van der Waals surface area contributed by atoms with Crippen molar-refractivity contribution in [2.24, 2.45) is 0 Å². The van der Waals surface area contributed by atoms with Gasteiger partial charge in [0.1, 0.15) is 6.26 Å². The van der Waals surface area contributed by atoms with Crippen LogP contribution >= 0.6 is 11.3 Å². The molecule has 19 heavy (non-hydrogen) atoms. The maximum Gasteiger partial charge on any atom is 0.338 e. The van der Waals surface area contributed by atoms with Gasteiger partial charge in [-0.2, -0.15) is 0 Å². The fraction of sp³-hybridized carbons (Fsp3) is 0.231. The highest BCUT2D eigenvalue weighted by molar-refractivity contribution is 7.09. The van der Waals surface area contributed by atoms with E-state index >= 15 is 0 Å². The Balaban J connectivity index is 1.94. The third-order valence-corrected chi connectivity index (χ3v) is 3.43. The molecule has 0 spiro atoms. The van der Waals surface area contributed by atoms with Crippen molar-refractivity contribution in [3.8, 4) is 0 Å². The fourth-order valence-electron chi connectivity index (χ4n) is 1.64. The molecule has 2 heterocycles. The number of carbonyl (C=O) groups is 2. The lowest BCUT2D eigenvalue weighted by atomic mass is 10.2. The van der Waals surface area contributed by atoms with E-state index < -0.39 is 11.9 Å². The van der Waals surface area contributed by atoms with Crippen molar-refractivity contribution in [2.75, 3.05) is 0 Å². The van der Waals surface area contributed by atoms with E-state index in [1.54, 1.807) is 11.3 Å². The number of nitrogens with one attached hydrogen (secondary N) is 1. The normalized spacial score (nSPS) is 12.1. The zero-order chi connectivity index (χ0) is 13.8. The van der Waals surface area contributed by atoms with Gasteiger partial charge in [0, 0.05) is 23.4 Å². The van der Waals surface area contributed by atoms with E-state index in [0.29, 0.717) is 0 Å². The molecule has 0 saturated carbocycles. The average Bonchev–Trinajstić information content (AvgIpc) is 2.98. The Kier molecular flexibility index (Phi) is 4.01. The molecule has 0 aliphatic carbocycles. The molecule has 1 atom stereocenters. The highest BCUT2D eigenvalue weighted by atomic mass is 32.1. The predicted molar refractivity (Wildman–Crippen MR) is 70.6 cm³/mol. The Morgan fingerprint density at radius 3 is 2.89 bits per heavy atom. The number of aromatic carboxylic acids is 1. The van der Waals surface area contributed by atoms with Crippen molar-refractivity contribution in [2.45, 2.75) is 19.4 Å². The molecule has 6 heteroatoms. The summed E-state index contributed by atoms with van der Waals surface area (Å²) in [5.74, 6) is -1.51. The second-order valence-corrected chi connectivity index (χ2v) is 5.20. The summed E-state index contributed by atoms with van der Waals surface area (Å²) in [5.41, 5.74) is -0.0314. The quantitative estimate of drug-likeness (QED) is 0.880. The number of carboxylic acids is 1. The summed E-state index contributed by atoms with van der Waals surface area (Å²) in [6.07, 6.45) is 1.79. The first kappa shape index (κ1) is 13.4. The van der Waals surface area contributed by atoms with E-state index in [9.17, 15) is 9.59 Å². The number of hydrogen-bond donors (Lipinski definition) is 2. The second-order valence-electron chi connectivity index (χ2n) is 4.16. The Labute approximate surface area is 113 Å².